The molecular formula is C15H16N4O2S. The van der Waals surface area contributed by atoms with Crippen LogP contribution in [0.3, 0.4) is 0 Å². The molecule has 2 aromatic rings. The minimum Gasteiger partial charge on any atom is -0.344 e. The Kier molecular flexibility index (Phi) is 3.65. The molecule has 1 aromatic heterocycles. The highest BCUT2D eigenvalue weighted by atomic mass is 32.1. The Bertz CT molecular complexity index is 666. The summed E-state index contributed by atoms with van der Waals surface area (Å²) in [6, 6.07) is 6.22. The third-order valence-electron chi connectivity index (χ3n) is 3.91. The van der Waals surface area contributed by atoms with Crippen molar-refractivity contribution in [1.29, 1.82) is 0 Å². The smallest absolute Gasteiger partial charge is 0.208 e. The van der Waals surface area contributed by atoms with Crippen molar-refractivity contribution in [3.8, 4) is 5.75 Å². The first kappa shape index (κ1) is 13.5. The molecule has 1 fully saturated rings. The lowest BCUT2D eigenvalue weighted by Gasteiger charge is -2.34. The number of hydrogen-bond acceptors (Lipinski definition) is 7. The molecule has 1 aromatic carbocycles. The molecule has 7 heteroatoms. The molecule has 4 rings (SSSR count). The molecule has 0 radical (unpaired) electrons. The topological polar surface area (TPSA) is 50.7 Å². The number of hydrogen-bond donors (Lipinski definition) is 0. The van der Waals surface area contributed by atoms with Crippen LogP contribution in [0, 0.1) is 0 Å². The van der Waals surface area contributed by atoms with Crippen LogP contribution >= 0.6 is 11.3 Å². The standard InChI is InChI=1S/C15H16N4O2S/c1-2-14-13(3-8-20-21-14)9-12(1)10-18-4-6-19(7-5-18)15-17-16-11-22-15/h1-3,8-9,11H,4-7,10H2. The lowest BCUT2D eigenvalue weighted by atomic mass is 10.1. The van der Waals surface area contributed by atoms with Gasteiger partial charge in [-0.3, -0.25) is 14.7 Å². The van der Waals surface area contributed by atoms with E-state index >= 15 is 0 Å². The summed E-state index contributed by atoms with van der Waals surface area (Å²) in [5.74, 6) is 0.771. The molecule has 0 bridgehead atoms. The average Bonchev–Trinajstić information content (AvgIpc) is 3.10. The maximum Gasteiger partial charge on any atom is 0.208 e. The third kappa shape index (κ3) is 2.77. The van der Waals surface area contributed by atoms with Crippen molar-refractivity contribution < 1.29 is 9.78 Å². The van der Waals surface area contributed by atoms with E-state index in [0.29, 0.717) is 0 Å². The summed E-state index contributed by atoms with van der Waals surface area (Å²) >= 11 is 1.60. The molecule has 0 amide bonds. The van der Waals surface area contributed by atoms with Crippen molar-refractivity contribution in [2.24, 2.45) is 0 Å². The van der Waals surface area contributed by atoms with Gasteiger partial charge < -0.3 is 4.90 Å². The predicted octanol–water partition coefficient (Wildman–Crippen LogP) is 2.16. The van der Waals surface area contributed by atoms with Gasteiger partial charge in [0, 0.05) is 38.3 Å². The van der Waals surface area contributed by atoms with Crippen LogP contribution in [0.2, 0.25) is 0 Å². The summed E-state index contributed by atoms with van der Waals surface area (Å²) in [4.78, 5) is 14.7. The van der Waals surface area contributed by atoms with E-state index in [0.717, 1.165) is 49.2 Å². The van der Waals surface area contributed by atoms with E-state index < -0.39 is 0 Å². The van der Waals surface area contributed by atoms with Gasteiger partial charge in [0.15, 0.2) is 5.75 Å². The molecule has 2 aliphatic heterocycles. The van der Waals surface area contributed by atoms with Gasteiger partial charge >= 0.3 is 0 Å². The number of anilines is 1. The second kappa shape index (κ2) is 5.94. The Morgan fingerprint density at radius 2 is 2.09 bits per heavy atom. The van der Waals surface area contributed by atoms with Crippen LogP contribution < -0.4 is 9.79 Å². The molecule has 0 unspecified atom stereocenters. The van der Waals surface area contributed by atoms with E-state index in [9.17, 15) is 0 Å². The van der Waals surface area contributed by atoms with Crippen molar-refractivity contribution in [2.45, 2.75) is 6.54 Å². The number of piperazine rings is 1. The lowest BCUT2D eigenvalue weighted by Crippen LogP contribution is -2.45. The second-order valence-corrected chi connectivity index (χ2v) is 6.15. The van der Waals surface area contributed by atoms with Crippen LogP contribution in [0.4, 0.5) is 5.13 Å². The maximum absolute atomic E-state index is 5.11. The van der Waals surface area contributed by atoms with Gasteiger partial charge in [0.2, 0.25) is 5.13 Å². The molecule has 0 aliphatic carbocycles. The fourth-order valence-electron chi connectivity index (χ4n) is 2.74. The first-order valence-corrected chi connectivity index (χ1v) is 8.13. The first-order chi connectivity index (χ1) is 10.9. The van der Waals surface area contributed by atoms with Gasteiger partial charge in [0.05, 0.1) is 0 Å². The Morgan fingerprint density at radius 1 is 1.18 bits per heavy atom. The van der Waals surface area contributed by atoms with Crippen LogP contribution in [0.15, 0.2) is 30.0 Å². The summed E-state index contributed by atoms with van der Waals surface area (Å²) in [7, 11) is 0. The highest BCUT2D eigenvalue weighted by molar-refractivity contribution is 7.13. The Hall–Kier alpha value is -2.12. The van der Waals surface area contributed by atoms with Crippen molar-refractivity contribution >= 4 is 22.5 Å². The lowest BCUT2D eigenvalue weighted by molar-refractivity contribution is -0.151. The second-order valence-electron chi connectivity index (χ2n) is 5.34. The van der Waals surface area contributed by atoms with Gasteiger partial charge in [0.1, 0.15) is 11.8 Å². The molecule has 3 heterocycles. The Labute approximate surface area is 132 Å². The monoisotopic (exact) mass is 316 g/mol. The average molecular weight is 316 g/mol. The van der Waals surface area contributed by atoms with Gasteiger partial charge in [-0.1, -0.05) is 17.4 Å². The third-order valence-corrected chi connectivity index (χ3v) is 4.66. The van der Waals surface area contributed by atoms with Gasteiger partial charge in [-0.05, 0) is 23.8 Å². The summed E-state index contributed by atoms with van der Waals surface area (Å²) in [6.07, 6.45) is 3.49. The normalized spacial score (nSPS) is 17.7. The molecular weight excluding hydrogens is 300 g/mol. The summed E-state index contributed by atoms with van der Waals surface area (Å²) in [5.41, 5.74) is 4.14. The van der Waals surface area contributed by atoms with E-state index in [1.54, 1.807) is 23.1 Å². The van der Waals surface area contributed by atoms with Gasteiger partial charge in [-0.2, -0.15) is 0 Å². The van der Waals surface area contributed by atoms with Crippen LogP contribution in [0.5, 0.6) is 5.75 Å². The minimum absolute atomic E-state index is 0.771. The molecule has 0 saturated carbocycles. The van der Waals surface area contributed by atoms with E-state index in [2.05, 4.69) is 32.1 Å². The van der Waals surface area contributed by atoms with Crippen LogP contribution in [-0.2, 0) is 11.4 Å². The largest absolute Gasteiger partial charge is 0.344 e. The summed E-state index contributed by atoms with van der Waals surface area (Å²) in [5, 5.41) is 9.07. The molecule has 1 saturated heterocycles. The molecule has 2 aliphatic rings. The number of fused-ring (bicyclic) bond motifs is 1. The molecule has 114 valence electrons. The fourth-order valence-corrected chi connectivity index (χ4v) is 3.36. The molecule has 0 atom stereocenters. The molecule has 0 N–H and O–H groups in total. The first-order valence-electron chi connectivity index (χ1n) is 7.25. The van der Waals surface area contributed by atoms with Gasteiger partial charge in [-0.25, -0.2) is 0 Å². The molecule has 6 nitrogen and oxygen atoms in total. The van der Waals surface area contributed by atoms with Crippen molar-refractivity contribution in [3.63, 3.8) is 0 Å². The number of aromatic nitrogens is 2. The molecule has 0 spiro atoms. The fraction of sp³-hybridized carbons (Fsp3) is 0.333. The van der Waals surface area contributed by atoms with Crippen LogP contribution in [0.1, 0.15) is 11.1 Å². The van der Waals surface area contributed by atoms with E-state index in [4.69, 9.17) is 9.78 Å². The van der Waals surface area contributed by atoms with Crippen LogP contribution in [0.25, 0.3) is 6.08 Å². The SMILES string of the molecule is C1=Cc2cc(CN3CCN(c4nncs4)CC3)ccc2OO1. The van der Waals surface area contributed by atoms with Gasteiger partial charge in [0.25, 0.3) is 0 Å². The number of nitrogens with zero attached hydrogens (tertiary/aromatic N) is 4. The zero-order valence-corrected chi connectivity index (χ0v) is 12.8. The minimum atomic E-state index is 0.771. The predicted molar refractivity (Wildman–Crippen MR) is 84.6 cm³/mol. The van der Waals surface area contributed by atoms with E-state index in [-0.39, 0.29) is 0 Å². The maximum atomic E-state index is 5.11. The summed E-state index contributed by atoms with van der Waals surface area (Å²) < 4.78 is 0. The zero-order valence-electron chi connectivity index (χ0n) is 12.0. The van der Waals surface area contributed by atoms with E-state index in [1.165, 1.54) is 5.56 Å². The Morgan fingerprint density at radius 3 is 2.91 bits per heavy atom. The highest BCUT2D eigenvalue weighted by Crippen LogP contribution is 2.26. The summed E-state index contributed by atoms with van der Waals surface area (Å²) in [6.45, 7) is 5.01. The number of benzene rings is 1. The zero-order chi connectivity index (χ0) is 14.8. The Balaban J connectivity index is 1.38. The highest BCUT2D eigenvalue weighted by Gasteiger charge is 2.19. The molecule has 22 heavy (non-hydrogen) atoms. The van der Waals surface area contributed by atoms with Crippen LogP contribution in [-0.4, -0.2) is 41.3 Å². The number of rotatable bonds is 3. The van der Waals surface area contributed by atoms with Crippen molar-refractivity contribution in [1.82, 2.24) is 15.1 Å². The van der Waals surface area contributed by atoms with E-state index in [1.807, 2.05) is 12.1 Å². The quantitative estimate of drug-likeness (QED) is 0.809. The van der Waals surface area contributed by atoms with Crippen molar-refractivity contribution in [3.05, 3.63) is 41.1 Å². The van der Waals surface area contributed by atoms with Crippen molar-refractivity contribution in [2.75, 3.05) is 31.1 Å². The van der Waals surface area contributed by atoms with Gasteiger partial charge in [-0.15, -0.1) is 10.2 Å².